The normalized spacial score (nSPS) is 50.6. The van der Waals surface area contributed by atoms with Crippen LogP contribution < -0.4 is 0 Å². The van der Waals surface area contributed by atoms with Gasteiger partial charge in [0.2, 0.25) is 0 Å². The number of hydrogen-bond acceptors (Lipinski definition) is 3. The van der Waals surface area contributed by atoms with Gasteiger partial charge in [0.15, 0.2) is 5.78 Å². The van der Waals surface area contributed by atoms with Gasteiger partial charge < -0.3 is 5.11 Å². The van der Waals surface area contributed by atoms with E-state index in [1.165, 1.54) is 5.57 Å². The lowest BCUT2D eigenvalue weighted by Gasteiger charge is -2.59. The van der Waals surface area contributed by atoms with Crippen LogP contribution in [-0.2, 0) is 9.59 Å². The van der Waals surface area contributed by atoms with Gasteiger partial charge in [0.25, 0.3) is 0 Å². The Bertz CT molecular complexity index is 621. The third-order valence-corrected chi connectivity index (χ3v) is 8.38. The Morgan fingerprint density at radius 1 is 1.21 bits per heavy atom. The van der Waals surface area contributed by atoms with Crippen LogP contribution in [0.3, 0.4) is 0 Å². The van der Waals surface area contributed by atoms with Crippen molar-refractivity contribution < 1.29 is 14.7 Å². The molecule has 0 aromatic heterocycles. The predicted molar refractivity (Wildman–Crippen MR) is 92.3 cm³/mol. The monoisotopic (exact) mass is 330 g/mol. The first-order valence-corrected chi connectivity index (χ1v) is 9.70. The van der Waals surface area contributed by atoms with Crippen LogP contribution in [0.5, 0.6) is 0 Å². The summed E-state index contributed by atoms with van der Waals surface area (Å²) in [6.45, 7) is 6.27. The maximum absolute atomic E-state index is 12.2. The minimum absolute atomic E-state index is 0.0219. The molecule has 3 heteroatoms. The lowest BCUT2D eigenvalue weighted by Crippen LogP contribution is -2.56. The van der Waals surface area contributed by atoms with Crippen LogP contribution >= 0.6 is 0 Å². The van der Waals surface area contributed by atoms with E-state index < -0.39 is 0 Å². The predicted octanol–water partition coefficient (Wildman–Crippen LogP) is 3.69. The number of fused-ring (bicyclic) bond motifs is 5. The summed E-state index contributed by atoms with van der Waals surface area (Å²) in [4.78, 5) is 24.0. The maximum Gasteiger partial charge on any atom is 0.155 e. The van der Waals surface area contributed by atoms with Crippen molar-refractivity contribution in [2.24, 2.45) is 34.5 Å². The van der Waals surface area contributed by atoms with Gasteiger partial charge in [-0.15, -0.1) is 0 Å². The van der Waals surface area contributed by atoms with Gasteiger partial charge in [-0.2, -0.15) is 0 Å². The lowest BCUT2D eigenvalue weighted by atomic mass is 9.46. The summed E-state index contributed by atoms with van der Waals surface area (Å²) < 4.78 is 0. The minimum atomic E-state index is -0.349. The smallest absolute Gasteiger partial charge is 0.155 e. The molecule has 3 nitrogen and oxygen atoms in total. The standard InChI is InChI=1S/C21H30O3/c1-12(22)16-6-7-17-15-5-4-13-10-14(23)8-9-20(13,2)19(15)18(24)11-21(16,17)3/h10,15-19,24H,4-9,11H2,1-3H3/t15-,16+,17+,18+,19+,20-,21-/m1/s1. The second kappa shape index (κ2) is 5.27. The van der Waals surface area contributed by atoms with E-state index in [1.807, 2.05) is 6.08 Å². The highest BCUT2D eigenvalue weighted by atomic mass is 16.3. The highest BCUT2D eigenvalue weighted by Gasteiger charge is 2.62. The van der Waals surface area contributed by atoms with Gasteiger partial charge in [0.05, 0.1) is 6.10 Å². The average molecular weight is 330 g/mol. The molecule has 0 aromatic carbocycles. The Morgan fingerprint density at radius 3 is 2.67 bits per heavy atom. The zero-order chi connectivity index (χ0) is 17.3. The highest BCUT2D eigenvalue weighted by Crippen LogP contribution is 2.66. The van der Waals surface area contributed by atoms with E-state index in [4.69, 9.17) is 0 Å². The number of aliphatic hydroxyl groups excluding tert-OH is 1. The molecule has 4 aliphatic carbocycles. The minimum Gasteiger partial charge on any atom is -0.393 e. The molecule has 0 amide bonds. The molecule has 132 valence electrons. The highest BCUT2D eigenvalue weighted by molar-refractivity contribution is 5.91. The van der Waals surface area contributed by atoms with Gasteiger partial charge in [-0.1, -0.05) is 19.4 Å². The van der Waals surface area contributed by atoms with Crippen LogP contribution in [0.4, 0.5) is 0 Å². The molecule has 7 atom stereocenters. The first-order chi connectivity index (χ1) is 11.3. The van der Waals surface area contributed by atoms with Crippen LogP contribution in [0.1, 0.15) is 65.7 Å². The van der Waals surface area contributed by atoms with Crippen LogP contribution in [0, 0.1) is 34.5 Å². The fourth-order valence-corrected chi connectivity index (χ4v) is 7.35. The van der Waals surface area contributed by atoms with Crippen LogP contribution in [0.25, 0.3) is 0 Å². The van der Waals surface area contributed by atoms with E-state index in [9.17, 15) is 14.7 Å². The van der Waals surface area contributed by atoms with Crippen molar-refractivity contribution in [1.29, 1.82) is 0 Å². The van der Waals surface area contributed by atoms with Crippen molar-refractivity contribution in [2.75, 3.05) is 0 Å². The molecule has 0 spiro atoms. The second-order valence-corrected chi connectivity index (χ2v) is 9.41. The number of rotatable bonds is 1. The second-order valence-electron chi connectivity index (χ2n) is 9.41. The molecule has 0 saturated heterocycles. The number of ketones is 2. The Kier molecular flexibility index (Phi) is 3.62. The molecule has 0 heterocycles. The summed E-state index contributed by atoms with van der Waals surface area (Å²) in [7, 11) is 0. The third kappa shape index (κ3) is 2.06. The molecule has 3 saturated carbocycles. The van der Waals surface area contributed by atoms with E-state index >= 15 is 0 Å². The summed E-state index contributed by atoms with van der Waals surface area (Å²) in [5.74, 6) is 1.99. The summed E-state index contributed by atoms with van der Waals surface area (Å²) in [5.41, 5.74) is 1.23. The zero-order valence-corrected chi connectivity index (χ0v) is 15.2. The summed E-state index contributed by atoms with van der Waals surface area (Å²) in [5, 5.41) is 11.2. The fraction of sp³-hybridized carbons (Fsp3) is 0.810. The van der Waals surface area contributed by atoms with Gasteiger partial charge in [-0.3, -0.25) is 9.59 Å². The van der Waals surface area contributed by atoms with E-state index in [2.05, 4.69) is 13.8 Å². The summed E-state index contributed by atoms with van der Waals surface area (Å²) >= 11 is 0. The van der Waals surface area contributed by atoms with Crippen molar-refractivity contribution >= 4 is 11.6 Å². The molecule has 4 aliphatic rings. The van der Waals surface area contributed by atoms with Gasteiger partial charge in [0.1, 0.15) is 5.78 Å². The molecule has 0 aliphatic heterocycles. The molecule has 0 bridgehead atoms. The molecule has 4 rings (SSSR count). The fourth-order valence-electron chi connectivity index (χ4n) is 7.35. The molecule has 0 radical (unpaired) electrons. The van der Waals surface area contributed by atoms with Crippen LogP contribution in [0.2, 0.25) is 0 Å². The number of carbonyl (C=O) groups excluding carboxylic acids is 2. The van der Waals surface area contributed by atoms with Crippen molar-refractivity contribution in [1.82, 2.24) is 0 Å². The molecule has 3 fully saturated rings. The Hall–Kier alpha value is -0.960. The number of allylic oxidation sites excluding steroid dienone is 1. The van der Waals surface area contributed by atoms with Gasteiger partial charge in [0, 0.05) is 12.3 Å². The van der Waals surface area contributed by atoms with Crippen molar-refractivity contribution in [2.45, 2.75) is 71.8 Å². The van der Waals surface area contributed by atoms with Crippen LogP contribution in [0.15, 0.2) is 11.6 Å². The molecule has 24 heavy (non-hydrogen) atoms. The largest absolute Gasteiger partial charge is 0.393 e. The van der Waals surface area contributed by atoms with E-state index in [1.54, 1.807) is 6.92 Å². The quantitative estimate of drug-likeness (QED) is 0.797. The average Bonchev–Trinajstić information content (AvgIpc) is 2.84. The van der Waals surface area contributed by atoms with E-state index in [-0.39, 0.29) is 34.6 Å². The number of aliphatic hydroxyl groups is 1. The number of carbonyl (C=O) groups is 2. The van der Waals surface area contributed by atoms with Crippen molar-refractivity contribution in [3.05, 3.63) is 11.6 Å². The van der Waals surface area contributed by atoms with Gasteiger partial charge >= 0.3 is 0 Å². The van der Waals surface area contributed by atoms with Gasteiger partial charge in [-0.05, 0) is 80.1 Å². The van der Waals surface area contributed by atoms with Gasteiger partial charge in [-0.25, -0.2) is 0 Å². The topological polar surface area (TPSA) is 54.4 Å². The van der Waals surface area contributed by atoms with Crippen molar-refractivity contribution in [3.63, 3.8) is 0 Å². The lowest BCUT2D eigenvalue weighted by molar-refractivity contribution is -0.143. The number of Topliss-reactive ketones (excluding diaryl/α,β-unsaturated/α-hetero) is 1. The molecule has 0 aromatic rings. The Morgan fingerprint density at radius 2 is 1.96 bits per heavy atom. The Labute approximate surface area is 144 Å². The molecular formula is C21H30O3. The van der Waals surface area contributed by atoms with Crippen molar-refractivity contribution in [3.8, 4) is 0 Å². The molecule has 0 unspecified atom stereocenters. The Balaban J connectivity index is 1.72. The first kappa shape index (κ1) is 16.5. The summed E-state index contributed by atoms with van der Waals surface area (Å²) in [6, 6.07) is 0. The summed E-state index contributed by atoms with van der Waals surface area (Å²) in [6.07, 6.45) is 7.97. The molecular weight excluding hydrogens is 300 g/mol. The SMILES string of the molecule is CC(=O)[C@@H]1CC[C@H]2[C@H]3CCC4=CC(=O)CC[C@@]4(C)[C@@H]3[C@@H](O)C[C@]12C. The maximum atomic E-state index is 12.2. The molecule has 1 N–H and O–H groups in total. The third-order valence-electron chi connectivity index (χ3n) is 8.38. The number of hydrogen-bond donors (Lipinski definition) is 1. The van der Waals surface area contributed by atoms with E-state index in [0.29, 0.717) is 24.0 Å². The van der Waals surface area contributed by atoms with Crippen LogP contribution in [-0.4, -0.2) is 22.8 Å². The zero-order valence-electron chi connectivity index (χ0n) is 15.2. The first-order valence-electron chi connectivity index (χ1n) is 9.70. The van der Waals surface area contributed by atoms with E-state index in [0.717, 1.165) is 38.5 Å².